The van der Waals surface area contributed by atoms with Crippen molar-refractivity contribution in [3.05, 3.63) is 53.1 Å². The lowest BCUT2D eigenvalue weighted by atomic mass is 10.1. The van der Waals surface area contributed by atoms with Crippen LogP contribution in [0.5, 0.6) is 5.75 Å². The number of ether oxygens (including phenoxy) is 2. The summed E-state index contributed by atoms with van der Waals surface area (Å²) in [5.74, 6) is -2.00. The van der Waals surface area contributed by atoms with Crippen LogP contribution in [0.25, 0.3) is 0 Å². The number of carbonyl (C=O) groups excluding carboxylic acids is 2. The van der Waals surface area contributed by atoms with Gasteiger partial charge in [-0.1, -0.05) is 12.1 Å². The van der Waals surface area contributed by atoms with Gasteiger partial charge < -0.3 is 24.8 Å². The number of aryl methyl sites for hydroxylation is 1. The first-order valence-electron chi connectivity index (χ1n) is 9.92. The van der Waals surface area contributed by atoms with Crippen LogP contribution < -0.4 is 10.2 Å². The standard InChI is InChI=1S/C22H23F3N2O5/c1-13-4-3-5-16(19(13)28)21(30)32-14(2)20(29)26-17-12-15(22(23,24)25)6-7-18(17)27-8-10-31-11-9-27/h3-7,12,14,28H,8-11H2,1-2H3,(H,26,29). The van der Waals surface area contributed by atoms with Crippen LogP contribution in [0.15, 0.2) is 36.4 Å². The van der Waals surface area contributed by atoms with Gasteiger partial charge >= 0.3 is 12.1 Å². The Bertz CT molecular complexity index is 1000. The van der Waals surface area contributed by atoms with E-state index in [0.29, 0.717) is 37.6 Å². The summed E-state index contributed by atoms with van der Waals surface area (Å²) in [6, 6.07) is 7.59. The van der Waals surface area contributed by atoms with Crippen LogP contribution in [0.1, 0.15) is 28.4 Å². The third kappa shape index (κ3) is 5.31. The van der Waals surface area contributed by atoms with Gasteiger partial charge in [-0.25, -0.2) is 4.79 Å². The molecule has 0 bridgehead atoms. The molecule has 1 aliphatic rings. The fourth-order valence-electron chi connectivity index (χ4n) is 3.23. The molecule has 172 valence electrons. The highest BCUT2D eigenvalue weighted by Crippen LogP contribution is 2.36. The van der Waals surface area contributed by atoms with Crippen molar-refractivity contribution in [3.8, 4) is 5.75 Å². The van der Waals surface area contributed by atoms with Crippen molar-refractivity contribution in [1.29, 1.82) is 0 Å². The summed E-state index contributed by atoms with van der Waals surface area (Å²) in [6.45, 7) is 4.60. The quantitative estimate of drug-likeness (QED) is 0.672. The van der Waals surface area contributed by atoms with E-state index < -0.39 is 29.7 Å². The fraction of sp³-hybridized carbons (Fsp3) is 0.364. The molecular weight excluding hydrogens is 429 g/mol. The van der Waals surface area contributed by atoms with Crippen LogP contribution in [0, 0.1) is 6.92 Å². The molecule has 10 heteroatoms. The normalized spacial score (nSPS) is 15.2. The minimum absolute atomic E-state index is 0.0481. The summed E-state index contributed by atoms with van der Waals surface area (Å²) >= 11 is 0. The first-order chi connectivity index (χ1) is 15.1. The predicted molar refractivity (Wildman–Crippen MR) is 111 cm³/mol. The Hall–Kier alpha value is -3.27. The largest absolute Gasteiger partial charge is 0.507 e. The number of anilines is 2. The van der Waals surface area contributed by atoms with E-state index in [9.17, 15) is 27.9 Å². The van der Waals surface area contributed by atoms with Crippen molar-refractivity contribution in [3.63, 3.8) is 0 Å². The molecule has 1 atom stereocenters. The molecule has 2 aromatic rings. The van der Waals surface area contributed by atoms with E-state index >= 15 is 0 Å². The molecule has 0 aliphatic carbocycles. The first-order valence-corrected chi connectivity index (χ1v) is 9.92. The number of aromatic hydroxyl groups is 1. The van der Waals surface area contributed by atoms with E-state index in [1.54, 1.807) is 24.0 Å². The molecule has 1 saturated heterocycles. The van der Waals surface area contributed by atoms with E-state index in [1.807, 2.05) is 0 Å². The number of hydrogen-bond donors (Lipinski definition) is 2. The summed E-state index contributed by atoms with van der Waals surface area (Å²) < 4.78 is 50.1. The van der Waals surface area contributed by atoms with Gasteiger partial charge in [0.2, 0.25) is 0 Å². The molecule has 2 N–H and O–H groups in total. The van der Waals surface area contributed by atoms with Crippen LogP contribution in [0.4, 0.5) is 24.5 Å². The number of hydrogen-bond acceptors (Lipinski definition) is 6. The Morgan fingerprint density at radius 2 is 1.88 bits per heavy atom. The van der Waals surface area contributed by atoms with Crippen LogP contribution in [-0.2, 0) is 20.4 Å². The van der Waals surface area contributed by atoms with E-state index in [-0.39, 0.29) is 17.0 Å². The highest BCUT2D eigenvalue weighted by Gasteiger charge is 2.32. The number of morpholine rings is 1. The van der Waals surface area contributed by atoms with Gasteiger partial charge in [-0.05, 0) is 43.7 Å². The Balaban J connectivity index is 1.80. The van der Waals surface area contributed by atoms with Gasteiger partial charge in [0.15, 0.2) is 6.10 Å². The topological polar surface area (TPSA) is 88.1 Å². The number of para-hydroxylation sites is 1. The third-order valence-electron chi connectivity index (χ3n) is 5.04. The van der Waals surface area contributed by atoms with Gasteiger partial charge in [-0.15, -0.1) is 0 Å². The molecule has 1 fully saturated rings. The average molecular weight is 452 g/mol. The molecule has 1 unspecified atom stereocenters. The summed E-state index contributed by atoms with van der Waals surface area (Å²) in [5.41, 5.74) is -0.218. The number of benzene rings is 2. The number of amides is 1. The van der Waals surface area contributed by atoms with Gasteiger partial charge in [0.1, 0.15) is 11.3 Å². The fourth-order valence-corrected chi connectivity index (χ4v) is 3.23. The Kier molecular flexibility index (Phi) is 6.93. The summed E-state index contributed by atoms with van der Waals surface area (Å²) in [5, 5.41) is 12.5. The Morgan fingerprint density at radius 1 is 1.19 bits per heavy atom. The zero-order valence-corrected chi connectivity index (χ0v) is 17.5. The number of esters is 1. The number of halogens is 3. The third-order valence-corrected chi connectivity index (χ3v) is 5.04. The maximum Gasteiger partial charge on any atom is 0.416 e. The zero-order valence-electron chi connectivity index (χ0n) is 17.5. The molecule has 3 rings (SSSR count). The lowest BCUT2D eigenvalue weighted by Gasteiger charge is -2.31. The minimum atomic E-state index is -4.59. The average Bonchev–Trinajstić information content (AvgIpc) is 2.75. The van der Waals surface area contributed by atoms with Gasteiger partial charge in [-0.3, -0.25) is 4.79 Å². The van der Waals surface area contributed by atoms with Crippen molar-refractivity contribution >= 4 is 23.3 Å². The molecule has 1 aliphatic heterocycles. The number of rotatable bonds is 5. The zero-order chi connectivity index (χ0) is 23.5. The van der Waals surface area contributed by atoms with Crippen molar-refractivity contribution in [2.24, 2.45) is 0 Å². The molecule has 1 amide bonds. The van der Waals surface area contributed by atoms with Gasteiger partial charge in [0.05, 0.1) is 30.2 Å². The van der Waals surface area contributed by atoms with E-state index in [2.05, 4.69) is 5.32 Å². The molecule has 0 saturated carbocycles. The van der Waals surface area contributed by atoms with Crippen molar-refractivity contribution < 1.29 is 37.3 Å². The van der Waals surface area contributed by atoms with Crippen LogP contribution >= 0.6 is 0 Å². The number of carbonyl (C=O) groups is 2. The molecule has 0 aromatic heterocycles. The van der Waals surface area contributed by atoms with Crippen LogP contribution in [0.2, 0.25) is 0 Å². The lowest BCUT2D eigenvalue weighted by molar-refractivity contribution is -0.137. The number of phenolic OH excluding ortho intramolecular Hbond substituents is 1. The SMILES string of the molecule is Cc1cccc(C(=O)OC(C)C(=O)Nc2cc(C(F)(F)F)ccc2N2CCOCC2)c1O. The smallest absolute Gasteiger partial charge is 0.416 e. The number of nitrogens with one attached hydrogen (secondary N) is 1. The van der Waals surface area contributed by atoms with E-state index in [1.165, 1.54) is 19.1 Å². The molecule has 32 heavy (non-hydrogen) atoms. The summed E-state index contributed by atoms with van der Waals surface area (Å²) in [6.07, 6.45) is -5.92. The molecule has 0 radical (unpaired) electrons. The highest BCUT2D eigenvalue weighted by molar-refractivity contribution is 6.00. The molecule has 0 spiro atoms. The lowest BCUT2D eigenvalue weighted by Crippen LogP contribution is -2.37. The monoisotopic (exact) mass is 452 g/mol. The second-order valence-electron chi connectivity index (χ2n) is 7.34. The molecule has 2 aromatic carbocycles. The van der Waals surface area contributed by atoms with Gasteiger partial charge in [0.25, 0.3) is 5.91 Å². The highest BCUT2D eigenvalue weighted by atomic mass is 19.4. The molecule has 7 nitrogen and oxygen atoms in total. The molecular formula is C22H23F3N2O5. The maximum absolute atomic E-state index is 13.2. The summed E-state index contributed by atoms with van der Waals surface area (Å²) in [4.78, 5) is 26.8. The predicted octanol–water partition coefficient (Wildman–Crippen LogP) is 3.74. The van der Waals surface area contributed by atoms with Crippen molar-refractivity contribution in [2.75, 3.05) is 36.5 Å². The van der Waals surface area contributed by atoms with Crippen molar-refractivity contribution in [2.45, 2.75) is 26.1 Å². The number of nitrogens with zero attached hydrogens (tertiary/aromatic N) is 1. The number of phenols is 1. The van der Waals surface area contributed by atoms with Crippen LogP contribution in [-0.4, -0.2) is 49.4 Å². The molecule has 1 heterocycles. The minimum Gasteiger partial charge on any atom is -0.507 e. The van der Waals surface area contributed by atoms with Crippen molar-refractivity contribution in [1.82, 2.24) is 0 Å². The maximum atomic E-state index is 13.2. The number of alkyl halides is 3. The van der Waals surface area contributed by atoms with E-state index in [4.69, 9.17) is 9.47 Å². The van der Waals surface area contributed by atoms with Gasteiger partial charge in [0, 0.05) is 13.1 Å². The second kappa shape index (κ2) is 9.47. The van der Waals surface area contributed by atoms with E-state index in [0.717, 1.165) is 12.1 Å². The second-order valence-corrected chi connectivity index (χ2v) is 7.34. The Morgan fingerprint density at radius 3 is 2.53 bits per heavy atom. The summed E-state index contributed by atoms with van der Waals surface area (Å²) in [7, 11) is 0. The Labute approximate surface area is 182 Å². The van der Waals surface area contributed by atoms with Crippen LogP contribution in [0.3, 0.4) is 0 Å². The van der Waals surface area contributed by atoms with Gasteiger partial charge in [-0.2, -0.15) is 13.2 Å². The first kappa shape index (κ1) is 23.4.